The van der Waals surface area contributed by atoms with Crippen LogP contribution in [-0.4, -0.2) is 11.1 Å². The maximum Gasteiger partial charge on any atom is 0.309 e. The molecule has 0 bridgehead atoms. The maximum absolute atomic E-state index is 13.8. The molecule has 0 spiro atoms. The molecular weight excluding hydrogens is 255 g/mol. The monoisotopic (exact) mass is 278 g/mol. The van der Waals surface area contributed by atoms with Crippen molar-refractivity contribution in [2.24, 2.45) is 11.3 Å². The van der Waals surface area contributed by atoms with Gasteiger partial charge in [0.1, 0.15) is 5.82 Å². The van der Waals surface area contributed by atoms with Gasteiger partial charge in [-0.05, 0) is 49.7 Å². The van der Waals surface area contributed by atoms with Crippen molar-refractivity contribution < 1.29 is 14.3 Å². The third-order valence-corrected chi connectivity index (χ3v) is 4.70. The number of carbonyl (C=O) groups is 1. The summed E-state index contributed by atoms with van der Waals surface area (Å²) in [5, 5.41) is 9.63. The van der Waals surface area contributed by atoms with Gasteiger partial charge in [-0.3, -0.25) is 4.79 Å². The third-order valence-electron chi connectivity index (χ3n) is 4.70. The molecule has 1 aromatic carbocycles. The lowest BCUT2D eigenvalue weighted by molar-refractivity contribution is -0.151. The number of hydrogen-bond acceptors (Lipinski definition) is 1. The van der Waals surface area contributed by atoms with E-state index >= 15 is 0 Å². The zero-order chi connectivity index (χ0) is 14.6. The second kappa shape index (κ2) is 6.38. The molecule has 0 heterocycles. The van der Waals surface area contributed by atoms with Gasteiger partial charge in [-0.25, -0.2) is 4.39 Å². The highest BCUT2D eigenvalue weighted by Gasteiger charge is 2.42. The summed E-state index contributed by atoms with van der Waals surface area (Å²) in [6.45, 7) is 2.17. The summed E-state index contributed by atoms with van der Waals surface area (Å²) in [5.41, 5.74) is -0.240. The normalized spacial score (nSPS) is 26.4. The molecule has 1 aliphatic rings. The summed E-state index contributed by atoms with van der Waals surface area (Å²) in [4.78, 5) is 11.7. The van der Waals surface area contributed by atoms with Crippen LogP contribution in [-0.2, 0) is 11.2 Å². The Kier molecular flexibility index (Phi) is 4.79. The highest BCUT2D eigenvalue weighted by Crippen LogP contribution is 2.43. The Bertz CT molecular complexity index is 462. The van der Waals surface area contributed by atoms with Crippen LogP contribution in [0.3, 0.4) is 0 Å². The van der Waals surface area contributed by atoms with Gasteiger partial charge < -0.3 is 5.11 Å². The zero-order valence-corrected chi connectivity index (χ0v) is 12.1. The zero-order valence-electron chi connectivity index (χ0n) is 12.1. The Balaban J connectivity index is 2.12. The number of carboxylic acids is 1. The Morgan fingerprint density at radius 3 is 2.55 bits per heavy atom. The molecule has 2 rings (SSSR count). The van der Waals surface area contributed by atoms with Crippen molar-refractivity contribution >= 4 is 5.97 Å². The highest BCUT2D eigenvalue weighted by molar-refractivity contribution is 5.75. The Hall–Kier alpha value is -1.38. The van der Waals surface area contributed by atoms with Gasteiger partial charge in [0.2, 0.25) is 0 Å². The van der Waals surface area contributed by atoms with Crippen molar-refractivity contribution in [3.8, 4) is 0 Å². The molecule has 20 heavy (non-hydrogen) atoms. The van der Waals surface area contributed by atoms with Crippen LogP contribution in [0, 0.1) is 17.2 Å². The summed E-state index contributed by atoms with van der Waals surface area (Å²) >= 11 is 0. The lowest BCUT2D eigenvalue weighted by Crippen LogP contribution is -2.37. The van der Waals surface area contributed by atoms with E-state index in [2.05, 4.69) is 6.92 Å². The average Bonchev–Trinajstić information content (AvgIpc) is 2.44. The van der Waals surface area contributed by atoms with E-state index in [1.165, 1.54) is 12.5 Å². The van der Waals surface area contributed by atoms with Gasteiger partial charge in [-0.15, -0.1) is 0 Å². The minimum absolute atomic E-state index is 0.288. The Labute approximate surface area is 120 Å². The third kappa shape index (κ3) is 3.20. The molecule has 0 unspecified atom stereocenters. The predicted octanol–water partition coefficient (Wildman–Crippen LogP) is 4.43. The SMILES string of the molecule is CCCC1CCC(Cc2ccccc2F)(C(=O)O)CC1. The number of rotatable bonds is 5. The van der Waals surface area contributed by atoms with Crippen LogP contribution in [0.1, 0.15) is 51.0 Å². The van der Waals surface area contributed by atoms with Gasteiger partial charge in [0.15, 0.2) is 0 Å². The van der Waals surface area contributed by atoms with E-state index in [1.807, 2.05) is 0 Å². The summed E-state index contributed by atoms with van der Waals surface area (Å²) in [6.07, 6.45) is 5.88. The van der Waals surface area contributed by atoms with Gasteiger partial charge in [0.05, 0.1) is 5.41 Å². The molecule has 0 aromatic heterocycles. The Morgan fingerprint density at radius 2 is 2.00 bits per heavy atom. The second-order valence-electron chi connectivity index (χ2n) is 6.09. The van der Waals surface area contributed by atoms with E-state index in [4.69, 9.17) is 0 Å². The van der Waals surface area contributed by atoms with Crippen LogP contribution >= 0.6 is 0 Å². The van der Waals surface area contributed by atoms with Crippen LogP contribution in [0.25, 0.3) is 0 Å². The first kappa shape index (κ1) is 15.0. The maximum atomic E-state index is 13.8. The first-order valence-corrected chi connectivity index (χ1v) is 7.54. The average molecular weight is 278 g/mol. The lowest BCUT2D eigenvalue weighted by atomic mass is 9.66. The first-order valence-electron chi connectivity index (χ1n) is 7.54. The molecular formula is C17H23FO2. The molecule has 1 aromatic rings. The molecule has 1 fully saturated rings. The minimum Gasteiger partial charge on any atom is -0.481 e. The van der Waals surface area contributed by atoms with Crippen molar-refractivity contribution in [2.75, 3.05) is 0 Å². The molecule has 110 valence electrons. The molecule has 0 saturated heterocycles. The topological polar surface area (TPSA) is 37.3 Å². The Morgan fingerprint density at radius 1 is 1.35 bits per heavy atom. The number of aliphatic carboxylic acids is 1. The van der Waals surface area contributed by atoms with Crippen LogP contribution in [0.4, 0.5) is 4.39 Å². The quantitative estimate of drug-likeness (QED) is 0.865. The van der Waals surface area contributed by atoms with Gasteiger partial charge in [-0.2, -0.15) is 0 Å². The standard InChI is InChI=1S/C17H23FO2/c1-2-5-13-8-10-17(11-9-13,16(19)20)12-14-6-3-4-7-15(14)18/h3-4,6-7,13H,2,5,8-12H2,1H3,(H,19,20). The van der Waals surface area contributed by atoms with Gasteiger partial charge in [-0.1, -0.05) is 38.0 Å². The summed E-state index contributed by atoms with van der Waals surface area (Å²) < 4.78 is 13.8. The molecule has 2 nitrogen and oxygen atoms in total. The van der Waals surface area contributed by atoms with E-state index in [0.717, 1.165) is 19.3 Å². The smallest absolute Gasteiger partial charge is 0.309 e. The predicted molar refractivity (Wildman–Crippen MR) is 77.0 cm³/mol. The first-order chi connectivity index (χ1) is 9.57. The molecule has 1 aliphatic carbocycles. The fourth-order valence-electron chi connectivity index (χ4n) is 3.40. The summed E-state index contributed by atoms with van der Waals surface area (Å²) in [5.74, 6) is -0.410. The fourth-order valence-corrected chi connectivity index (χ4v) is 3.40. The molecule has 1 N–H and O–H groups in total. The van der Waals surface area contributed by atoms with Crippen LogP contribution in [0.5, 0.6) is 0 Å². The van der Waals surface area contributed by atoms with Gasteiger partial charge in [0, 0.05) is 0 Å². The van der Waals surface area contributed by atoms with Crippen molar-refractivity contribution in [1.29, 1.82) is 0 Å². The largest absolute Gasteiger partial charge is 0.481 e. The number of hydrogen-bond donors (Lipinski definition) is 1. The molecule has 0 amide bonds. The van der Waals surface area contributed by atoms with Gasteiger partial charge in [0.25, 0.3) is 0 Å². The van der Waals surface area contributed by atoms with Crippen LogP contribution < -0.4 is 0 Å². The lowest BCUT2D eigenvalue weighted by Gasteiger charge is -2.37. The summed E-state index contributed by atoms with van der Waals surface area (Å²) in [6, 6.07) is 6.53. The van der Waals surface area contributed by atoms with E-state index in [-0.39, 0.29) is 5.82 Å². The summed E-state index contributed by atoms with van der Waals surface area (Å²) in [7, 11) is 0. The van der Waals surface area contributed by atoms with Gasteiger partial charge >= 0.3 is 5.97 Å². The van der Waals surface area contributed by atoms with Crippen molar-refractivity contribution in [2.45, 2.75) is 51.9 Å². The highest BCUT2D eigenvalue weighted by atomic mass is 19.1. The van der Waals surface area contributed by atoms with Crippen LogP contribution in [0.15, 0.2) is 24.3 Å². The van der Waals surface area contributed by atoms with E-state index in [9.17, 15) is 14.3 Å². The van der Waals surface area contributed by atoms with E-state index in [0.29, 0.717) is 30.7 Å². The molecule has 3 heteroatoms. The van der Waals surface area contributed by atoms with Crippen LogP contribution in [0.2, 0.25) is 0 Å². The minimum atomic E-state index is -0.771. The number of carboxylic acid groups (broad SMARTS) is 1. The molecule has 0 atom stereocenters. The molecule has 0 radical (unpaired) electrons. The fraction of sp³-hybridized carbons (Fsp3) is 0.588. The van der Waals surface area contributed by atoms with E-state index < -0.39 is 11.4 Å². The number of halogens is 1. The molecule has 1 saturated carbocycles. The van der Waals surface area contributed by atoms with Crippen molar-refractivity contribution in [3.05, 3.63) is 35.6 Å². The second-order valence-corrected chi connectivity index (χ2v) is 6.09. The van der Waals surface area contributed by atoms with Crippen molar-refractivity contribution in [3.63, 3.8) is 0 Å². The van der Waals surface area contributed by atoms with Crippen molar-refractivity contribution in [1.82, 2.24) is 0 Å². The molecule has 0 aliphatic heterocycles. The number of benzene rings is 1. The van der Waals surface area contributed by atoms with E-state index in [1.54, 1.807) is 18.2 Å².